The summed E-state index contributed by atoms with van der Waals surface area (Å²) >= 11 is 0. The van der Waals surface area contributed by atoms with Gasteiger partial charge in [-0.3, -0.25) is 4.79 Å². The Labute approximate surface area is 97.3 Å². The zero-order valence-corrected chi connectivity index (χ0v) is 10.1. The van der Waals surface area contributed by atoms with Gasteiger partial charge in [0.2, 0.25) is 0 Å². The number of nitrogens with zero attached hydrogens (tertiary/aromatic N) is 1. The number of anilines is 1. The van der Waals surface area contributed by atoms with E-state index in [9.17, 15) is 4.79 Å². The number of carbonyl (C=O) groups is 1. The molecule has 0 saturated heterocycles. The number of aryl methyl sites for hydroxylation is 1. The van der Waals surface area contributed by atoms with Crippen molar-refractivity contribution in [2.24, 2.45) is 5.92 Å². The van der Waals surface area contributed by atoms with E-state index in [0.29, 0.717) is 5.78 Å². The molecule has 1 aliphatic carbocycles. The van der Waals surface area contributed by atoms with E-state index in [1.807, 2.05) is 6.07 Å². The molecule has 0 bridgehead atoms. The van der Waals surface area contributed by atoms with E-state index in [0.717, 1.165) is 25.8 Å². The van der Waals surface area contributed by atoms with E-state index in [1.165, 1.54) is 11.3 Å². The molecule has 0 aromatic heterocycles. The molecule has 0 N–H and O–H groups in total. The Morgan fingerprint density at radius 1 is 1.38 bits per heavy atom. The van der Waals surface area contributed by atoms with Crippen molar-refractivity contribution in [1.29, 1.82) is 0 Å². The van der Waals surface area contributed by atoms with E-state index >= 15 is 0 Å². The first-order valence-electron chi connectivity index (χ1n) is 5.98. The average molecular weight is 217 g/mol. The number of benzene rings is 1. The van der Waals surface area contributed by atoms with Crippen molar-refractivity contribution in [3.63, 3.8) is 0 Å². The van der Waals surface area contributed by atoms with Crippen molar-refractivity contribution < 1.29 is 4.79 Å². The quantitative estimate of drug-likeness (QED) is 0.776. The molecule has 16 heavy (non-hydrogen) atoms. The zero-order valence-electron chi connectivity index (χ0n) is 10.1. The molecule has 1 fully saturated rings. The van der Waals surface area contributed by atoms with Crippen LogP contribution in [0.5, 0.6) is 0 Å². The largest absolute Gasteiger partial charge is 0.374 e. The van der Waals surface area contributed by atoms with Crippen LogP contribution in [0.1, 0.15) is 24.8 Å². The van der Waals surface area contributed by atoms with Gasteiger partial charge in [-0.2, -0.15) is 0 Å². The third-order valence-electron chi connectivity index (χ3n) is 3.45. The second kappa shape index (κ2) is 4.69. The molecular weight excluding hydrogens is 198 g/mol. The van der Waals surface area contributed by atoms with Crippen molar-refractivity contribution in [2.75, 3.05) is 18.5 Å². The first kappa shape index (κ1) is 11.2. The summed E-state index contributed by atoms with van der Waals surface area (Å²) in [7, 11) is 2.08. The highest BCUT2D eigenvalue weighted by atomic mass is 16.1. The molecule has 1 aliphatic rings. The lowest BCUT2D eigenvalue weighted by atomic mass is 10.1. The maximum atomic E-state index is 11.6. The predicted molar refractivity (Wildman–Crippen MR) is 66.8 cm³/mol. The molecule has 2 nitrogen and oxygen atoms in total. The third-order valence-corrected chi connectivity index (χ3v) is 3.45. The smallest absolute Gasteiger partial charge is 0.137 e. The standard InChI is InChI=1S/C14H19NO/c1-11-6-3-4-8-13(11)15(2)10-12-7-5-9-14(12)16/h3-4,6,8,12H,5,7,9-10H2,1-2H3. The Hall–Kier alpha value is -1.31. The summed E-state index contributed by atoms with van der Waals surface area (Å²) in [5, 5.41) is 0. The number of para-hydroxylation sites is 1. The highest BCUT2D eigenvalue weighted by Crippen LogP contribution is 2.25. The first-order valence-corrected chi connectivity index (χ1v) is 5.98. The van der Waals surface area contributed by atoms with Crippen LogP contribution in [-0.2, 0) is 4.79 Å². The van der Waals surface area contributed by atoms with Gasteiger partial charge in [0.1, 0.15) is 5.78 Å². The minimum absolute atomic E-state index is 0.254. The van der Waals surface area contributed by atoms with Crippen LogP contribution < -0.4 is 4.90 Å². The fraction of sp³-hybridized carbons (Fsp3) is 0.500. The lowest BCUT2D eigenvalue weighted by molar-refractivity contribution is -0.120. The molecule has 1 unspecified atom stereocenters. The fourth-order valence-electron chi connectivity index (χ4n) is 2.50. The van der Waals surface area contributed by atoms with Crippen molar-refractivity contribution in [2.45, 2.75) is 26.2 Å². The molecular formula is C14H19NO. The number of hydrogen-bond acceptors (Lipinski definition) is 2. The summed E-state index contributed by atoms with van der Waals surface area (Å²) in [5.74, 6) is 0.699. The summed E-state index contributed by atoms with van der Waals surface area (Å²) in [6, 6.07) is 8.33. The van der Waals surface area contributed by atoms with Gasteiger partial charge in [-0.25, -0.2) is 0 Å². The van der Waals surface area contributed by atoms with Gasteiger partial charge in [0.05, 0.1) is 0 Å². The molecule has 0 amide bonds. The minimum Gasteiger partial charge on any atom is -0.374 e. The summed E-state index contributed by atoms with van der Waals surface area (Å²) in [4.78, 5) is 13.8. The number of hydrogen-bond donors (Lipinski definition) is 0. The van der Waals surface area contributed by atoms with Gasteiger partial charge in [0, 0.05) is 31.6 Å². The monoisotopic (exact) mass is 217 g/mol. The van der Waals surface area contributed by atoms with E-state index in [1.54, 1.807) is 0 Å². The highest BCUT2D eigenvalue weighted by Gasteiger charge is 2.25. The van der Waals surface area contributed by atoms with Gasteiger partial charge in [0.25, 0.3) is 0 Å². The normalized spacial score (nSPS) is 20.1. The van der Waals surface area contributed by atoms with Gasteiger partial charge in [-0.05, 0) is 31.4 Å². The van der Waals surface area contributed by atoms with Crippen LogP contribution in [0, 0.1) is 12.8 Å². The second-order valence-electron chi connectivity index (χ2n) is 4.72. The van der Waals surface area contributed by atoms with Crippen LogP contribution in [0.15, 0.2) is 24.3 Å². The van der Waals surface area contributed by atoms with E-state index in [-0.39, 0.29) is 5.92 Å². The van der Waals surface area contributed by atoms with E-state index in [2.05, 4.69) is 37.1 Å². The van der Waals surface area contributed by atoms with E-state index < -0.39 is 0 Å². The van der Waals surface area contributed by atoms with Gasteiger partial charge >= 0.3 is 0 Å². The van der Waals surface area contributed by atoms with Crippen molar-refractivity contribution in [3.05, 3.63) is 29.8 Å². The molecule has 1 atom stereocenters. The molecule has 0 heterocycles. The third kappa shape index (κ3) is 2.26. The van der Waals surface area contributed by atoms with Crippen LogP contribution in [-0.4, -0.2) is 19.4 Å². The second-order valence-corrected chi connectivity index (χ2v) is 4.72. The summed E-state index contributed by atoms with van der Waals surface area (Å²) < 4.78 is 0. The van der Waals surface area contributed by atoms with Gasteiger partial charge in [-0.1, -0.05) is 18.2 Å². The number of carbonyl (C=O) groups excluding carboxylic acids is 1. The maximum Gasteiger partial charge on any atom is 0.137 e. The Balaban J connectivity index is 2.05. The lowest BCUT2D eigenvalue weighted by Gasteiger charge is -2.24. The Kier molecular flexibility index (Phi) is 3.28. The summed E-state index contributed by atoms with van der Waals surface area (Å²) in [5.41, 5.74) is 2.51. The minimum atomic E-state index is 0.254. The molecule has 86 valence electrons. The van der Waals surface area contributed by atoms with Crippen LogP contribution in [0.25, 0.3) is 0 Å². The molecule has 1 aromatic rings. The molecule has 2 rings (SSSR count). The molecule has 1 aromatic carbocycles. The van der Waals surface area contributed by atoms with Gasteiger partial charge < -0.3 is 4.90 Å². The van der Waals surface area contributed by atoms with Gasteiger partial charge in [-0.15, -0.1) is 0 Å². The Bertz CT molecular complexity index is 386. The van der Waals surface area contributed by atoms with Crippen LogP contribution in [0.3, 0.4) is 0 Å². The Morgan fingerprint density at radius 2 is 2.12 bits per heavy atom. The van der Waals surface area contributed by atoms with Crippen LogP contribution >= 0.6 is 0 Å². The molecule has 0 aliphatic heterocycles. The number of ketones is 1. The van der Waals surface area contributed by atoms with Crippen molar-refractivity contribution >= 4 is 11.5 Å². The van der Waals surface area contributed by atoms with Crippen LogP contribution in [0.2, 0.25) is 0 Å². The average Bonchev–Trinajstić information content (AvgIpc) is 2.65. The van der Waals surface area contributed by atoms with Crippen molar-refractivity contribution in [1.82, 2.24) is 0 Å². The number of Topliss-reactive ketones (excluding diaryl/α,β-unsaturated/α-hetero) is 1. The molecule has 2 heteroatoms. The van der Waals surface area contributed by atoms with E-state index in [4.69, 9.17) is 0 Å². The number of rotatable bonds is 3. The van der Waals surface area contributed by atoms with Crippen LogP contribution in [0.4, 0.5) is 5.69 Å². The SMILES string of the molecule is Cc1ccccc1N(C)CC1CCCC1=O. The first-order chi connectivity index (χ1) is 7.68. The lowest BCUT2D eigenvalue weighted by Crippen LogP contribution is -2.28. The summed E-state index contributed by atoms with van der Waals surface area (Å²) in [6.07, 6.45) is 2.92. The molecule has 0 radical (unpaired) electrons. The predicted octanol–water partition coefficient (Wildman–Crippen LogP) is 2.80. The topological polar surface area (TPSA) is 20.3 Å². The highest BCUT2D eigenvalue weighted by molar-refractivity contribution is 5.83. The molecule has 0 spiro atoms. The molecule has 1 saturated carbocycles. The summed E-state index contributed by atoms with van der Waals surface area (Å²) in [6.45, 7) is 2.98. The fourth-order valence-corrected chi connectivity index (χ4v) is 2.50. The van der Waals surface area contributed by atoms with Gasteiger partial charge in [0.15, 0.2) is 0 Å². The maximum absolute atomic E-state index is 11.6. The zero-order chi connectivity index (χ0) is 11.5. The van der Waals surface area contributed by atoms with Crippen molar-refractivity contribution in [3.8, 4) is 0 Å². The Morgan fingerprint density at radius 3 is 2.75 bits per heavy atom.